The molecule has 6 nitrogen and oxygen atoms in total. The van der Waals surface area contributed by atoms with Crippen molar-refractivity contribution in [3.8, 4) is 6.07 Å². The standard InChI is InChI=1S/C18H20BrN5OS2/c1-24(18(12-20)8-3-2-4-9-18)15(25)11-26-17-23-22-16(27-17)21-14-7-5-6-13(19)10-14/h5-7,10H,2-4,8-9,11H2,1H3,(H,21,22). The molecule has 1 aromatic carbocycles. The van der Waals surface area contributed by atoms with Crippen LogP contribution >= 0.6 is 39.0 Å². The van der Waals surface area contributed by atoms with Crippen LogP contribution in [0.15, 0.2) is 33.1 Å². The van der Waals surface area contributed by atoms with E-state index in [4.69, 9.17) is 0 Å². The van der Waals surface area contributed by atoms with Gasteiger partial charge in [-0.3, -0.25) is 4.79 Å². The fraction of sp³-hybridized carbons (Fsp3) is 0.444. The van der Waals surface area contributed by atoms with Crippen LogP contribution in [-0.4, -0.2) is 39.3 Å². The summed E-state index contributed by atoms with van der Waals surface area (Å²) in [5.41, 5.74) is 0.269. The summed E-state index contributed by atoms with van der Waals surface area (Å²) in [5, 5.41) is 21.8. The molecule has 2 aromatic rings. The molecule has 0 saturated heterocycles. The molecule has 1 heterocycles. The molecule has 1 N–H and O–H groups in total. The van der Waals surface area contributed by atoms with E-state index in [1.165, 1.54) is 23.1 Å². The molecular weight excluding hydrogens is 446 g/mol. The largest absolute Gasteiger partial charge is 0.330 e. The van der Waals surface area contributed by atoms with Gasteiger partial charge in [-0.1, -0.05) is 64.4 Å². The maximum atomic E-state index is 12.6. The van der Waals surface area contributed by atoms with Crippen molar-refractivity contribution in [2.45, 2.75) is 42.0 Å². The highest BCUT2D eigenvalue weighted by molar-refractivity contribution is 9.10. The highest BCUT2D eigenvalue weighted by Gasteiger charge is 2.38. The predicted octanol–water partition coefficient (Wildman–Crippen LogP) is 4.82. The lowest BCUT2D eigenvalue weighted by atomic mass is 9.81. The number of nitrogens with one attached hydrogen (secondary N) is 1. The summed E-state index contributed by atoms with van der Waals surface area (Å²) >= 11 is 6.20. The van der Waals surface area contributed by atoms with E-state index in [-0.39, 0.29) is 11.7 Å². The molecular formula is C18H20BrN5OS2. The maximum Gasteiger partial charge on any atom is 0.234 e. The first-order valence-corrected chi connectivity index (χ1v) is 11.3. The molecule has 1 aromatic heterocycles. The number of hydrogen-bond donors (Lipinski definition) is 1. The average molecular weight is 466 g/mol. The molecule has 0 bridgehead atoms. The van der Waals surface area contributed by atoms with Gasteiger partial charge in [0.2, 0.25) is 11.0 Å². The zero-order chi connectivity index (χ0) is 19.3. The van der Waals surface area contributed by atoms with E-state index in [9.17, 15) is 10.1 Å². The Bertz CT molecular complexity index is 844. The van der Waals surface area contributed by atoms with Gasteiger partial charge < -0.3 is 10.2 Å². The van der Waals surface area contributed by atoms with E-state index < -0.39 is 5.54 Å². The molecule has 1 aliphatic carbocycles. The van der Waals surface area contributed by atoms with E-state index in [2.05, 4.69) is 37.5 Å². The van der Waals surface area contributed by atoms with E-state index in [0.717, 1.165) is 46.6 Å². The van der Waals surface area contributed by atoms with Crippen molar-refractivity contribution in [1.82, 2.24) is 15.1 Å². The van der Waals surface area contributed by atoms with Gasteiger partial charge in [0.25, 0.3) is 0 Å². The number of carbonyl (C=O) groups excluding carboxylic acids is 1. The third kappa shape index (κ3) is 5.00. The number of carbonyl (C=O) groups is 1. The molecule has 1 amide bonds. The van der Waals surface area contributed by atoms with Crippen LogP contribution in [-0.2, 0) is 4.79 Å². The number of rotatable bonds is 6. The minimum absolute atomic E-state index is 0.0415. The Hall–Kier alpha value is -1.63. The van der Waals surface area contributed by atoms with Crippen LogP contribution in [0.5, 0.6) is 0 Å². The zero-order valence-corrected chi connectivity index (χ0v) is 18.2. The fourth-order valence-electron chi connectivity index (χ4n) is 3.13. The van der Waals surface area contributed by atoms with Crippen molar-refractivity contribution in [2.75, 3.05) is 18.1 Å². The lowest BCUT2D eigenvalue weighted by Crippen LogP contribution is -2.50. The van der Waals surface area contributed by atoms with E-state index >= 15 is 0 Å². The minimum atomic E-state index is -0.648. The molecule has 1 saturated carbocycles. The average Bonchev–Trinajstić information content (AvgIpc) is 3.13. The molecule has 142 valence electrons. The summed E-state index contributed by atoms with van der Waals surface area (Å²) in [6, 6.07) is 10.2. The van der Waals surface area contributed by atoms with Gasteiger partial charge in [-0.05, 0) is 31.0 Å². The maximum absolute atomic E-state index is 12.6. The van der Waals surface area contributed by atoms with Crippen LogP contribution in [0.25, 0.3) is 0 Å². The minimum Gasteiger partial charge on any atom is -0.330 e. The topological polar surface area (TPSA) is 81.9 Å². The van der Waals surface area contributed by atoms with Gasteiger partial charge in [-0.2, -0.15) is 5.26 Å². The molecule has 27 heavy (non-hydrogen) atoms. The van der Waals surface area contributed by atoms with Gasteiger partial charge in [0.1, 0.15) is 5.54 Å². The summed E-state index contributed by atoms with van der Waals surface area (Å²) in [7, 11) is 1.75. The number of benzene rings is 1. The fourth-order valence-corrected chi connectivity index (χ4v) is 5.21. The number of halogens is 1. The first kappa shape index (κ1) is 20.1. The number of hydrogen-bond acceptors (Lipinski definition) is 7. The number of nitriles is 1. The van der Waals surface area contributed by atoms with Crippen LogP contribution in [0.1, 0.15) is 32.1 Å². The summed E-state index contributed by atoms with van der Waals surface area (Å²) in [5.74, 6) is 0.214. The molecule has 1 aliphatic rings. The molecule has 0 spiro atoms. The first-order valence-electron chi connectivity index (χ1n) is 8.69. The van der Waals surface area contributed by atoms with Crippen LogP contribution in [0.4, 0.5) is 10.8 Å². The van der Waals surface area contributed by atoms with Crippen LogP contribution in [0.2, 0.25) is 0 Å². The SMILES string of the molecule is CN(C(=O)CSc1nnc(Nc2cccc(Br)c2)s1)C1(C#N)CCCCC1. The molecule has 0 radical (unpaired) electrons. The van der Waals surface area contributed by atoms with Gasteiger partial charge >= 0.3 is 0 Å². The normalized spacial score (nSPS) is 15.7. The van der Waals surface area contributed by atoms with Gasteiger partial charge in [0.05, 0.1) is 11.8 Å². The summed E-state index contributed by atoms with van der Waals surface area (Å²) in [4.78, 5) is 14.2. The third-order valence-electron chi connectivity index (χ3n) is 4.71. The third-order valence-corrected chi connectivity index (χ3v) is 7.16. The van der Waals surface area contributed by atoms with Gasteiger partial charge in [0.15, 0.2) is 4.34 Å². The zero-order valence-electron chi connectivity index (χ0n) is 14.9. The summed E-state index contributed by atoms with van der Waals surface area (Å²) in [6.07, 6.45) is 4.66. The van der Waals surface area contributed by atoms with Crippen molar-refractivity contribution in [3.63, 3.8) is 0 Å². The van der Waals surface area contributed by atoms with Crippen molar-refractivity contribution >= 4 is 55.8 Å². The molecule has 1 fully saturated rings. The van der Waals surface area contributed by atoms with Crippen LogP contribution in [0.3, 0.4) is 0 Å². The monoisotopic (exact) mass is 465 g/mol. The van der Waals surface area contributed by atoms with Crippen molar-refractivity contribution < 1.29 is 4.79 Å². The van der Waals surface area contributed by atoms with E-state index in [1.54, 1.807) is 11.9 Å². The van der Waals surface area contributed by atoms with E-state index in [1.807, 2.05) is 24.3 Å². The Labute approximate surface area is 175 Å². The summed E-state index contributed by atoms with van der Waals surface area (Å²) in [6.45, 7) is 0. The number of aromatic nitrogens is 2. The Morgan fingerprint density at radius 2 is 2.19 bits per heavy atom. The number of amides is 1. The van der Waals surface area contributed by atoms with Crippen LogP contribution < -0.4 is 5.32 Å². The second-order valence-electron chi connectivity index (χ2n) is 6.45. The van der Waals surface area contributed by atoms with Gasteiger partial charge in [0, 0.05) is 17.2 Å². The summed E-state index contributed by atoms with van der Waals surface area (Å²) < 4.78 is 1.71. The number of nitrogens with zero attached hydrogens (tertiary/aromatic N) is 4. The lowest BCUT2D eigenvalue weighted by molar-refractivity contribution is -0.131. The lowest BCUT2D eigenvalue weighted by Gasteiger charge is -2.38. The predicted molar refractivity (Wildman–Crippen MR) is 112 cm³/mol. The Morgan fingerprint density at radius 3 is 2.89 bits per heavy atom. The Kier molecular flexibility index (Phi) is 6.73. The van der Waals surface area contributed by atoms with Crippen LogP contribution in [0, 0.1) is 11.3 Å². The first-order chi connectivity index (χ1) is 13.0. The number of anilines is 2. The second-order valence-corrected chi connectivity index (χ2v) is 9.57. The van der Waals surface area contributed by atoms with Crippen molar-refractivity contribution in [3.05, 3.63) is 28.7 Å². The Balaban J connectivity index is 1.56. The van der Waals surface area contributed by atoms with Crippen molar-refractivity contribution in [2.24, 2.45) is 0 Å². The molecule has 3 rings (SSSR count). The van der Waals surface area contributed by atoms with Gasteiger partial charge in [-0.25, -0.2) is 0 Å². The second kappa shape index (κ2) is 9.04. The van der Waals surface area contributed by atoms with E-state index in [0.29, 0.717) is 5.13 Å². The molecule has 0 atom stereocenters. The smallest absolute Gasteiger partial charge is 0.234 e. The molecule has 0 aliphatic heterocycles. The van der Waals surface area contributed by atoms with Gasteiger partial charge in [-0.15, -0.1) is 10.2 Å². The highest BCUT2D eigenvalue weighted by Crippen LogP contribution is 2.34. The highest BCUT2D eigenvalue weighted by atomic mass is 79.9. The molecule has 9 heteroatoms. The molecule has 0 unspecified atom stereocenters. The van der Waals surface area contributed by atoms with Crippen molar-refractivity contribution in [1.29, 1.82) is 5.26 Å². The number of thioether (sulfide) groups is 1. The Morgan fingerprint density at radius 1 is 1.41 bits per heavy atom. The quantitative estimate of drug-likeness (QED) is 0.615.